The van der Waals surface area contributed by atoms with Crippen LogP contribution in [0.1, 0.15) is 48.4 Å². The Bertz CT molecular complexity index is 1020. The number of carbonyl (C=O) groups excluding carboxylic acids is 1. The number of amides is 1. The third kappa shape index (κ3) is 6.19. The Labute approximate surface area is 205 Å². The number of aliphatic carboxylic acids is 2. The van der Waals surface area contributed by atoms with Crippen molar-refractivity contribution in [2.24, 2.45) is 5.92 Å². The van der Waals surface area contributed by atoms with Gasteiger partial charge in [0, 0.05) is 13.1 Å². The lowest BCUT2D eigenvalue weighted by molar-refractivity contribution is -0.143. The first-order chi connectivity index (χ1) is 16.9. The van der Waals surface area contributed by atoms with Gasteiger partial charge in [0.15, 0.2) is 0 Å². The van der Waals surface area contributed by atoms with Gasteiger partial charge in [0.25, 0.3) is 0 Å². The minimum Gasteiger partial charge on any atom is -0.481 e. The highest BCUT2D eigenvalue weighted by Crippen LogP contribution is 2.36. The average molecular weight is 481 g/mol. The van der Waals surface area contributed by atoms with E-state index in [0.717, 1.165) is 44.5 Å². The van der Waals surface area contributed by atoms with Gasteiger partial charge in [-0.05, 0) is 55.0 Å². The lowest BCUT2D eigenvalue weighted by Gasteiger charge is -2.45. The van der Waals surface area contributed by atoms with Crippen molar-refractivity contribution in [3.8, 4) is 0 Å². The van der Waals surface area contributed by atoms with Crippen LogP contribution in [-0.4, -0.2) is 70.3 Å². The molecule has 0 radical (unpaired) electrons. The molecule has 1 amide bonds. The molecule has 0 saturated carbocycles. The molecule has 0 spiro atoms. The molecule has 8 nitrogen and oxygen atoms in total. The molecule has 0 aliphatic carbocycles. The van der Waals surface area contributed by atoms with E-state index in [9.17, 15) is 14.4 Å². The second kappa shape index (κ2) is 11.4. The van der Waals surface area contributed by atoms with Gasteiger partial charge >= 0.3 is 18.0 Å². The number of ether oxygens (including phenoxy) is 1. The number of fused-ring (bicyclic) bond motifs is 4. The van der Waals surface area contributed by atoms with Gasteiger partial charge in [0.05, 0.1) is 18.9 Å². The summed E-state index contributed by atoms with van der Waals surface area (Å²) < 4.78 is 6.08. The van der Waals surface area contributed by atoms with Gasteiger partial charge in [0.1, 0.15) is 6.10 Å². The van der Waals surface area contributed by atoms with Crippen molar-refractivity contribution in [3.63, 3.8) is 0 Å². The van der Waals surface area contributed by atoms with E-state index < -0.39 is 11.9 Å². The normalized spacial score (nSPS) is 24.5. The molecule has 35 heavy (non-hydrogen) atoms. The Morgan fingerprint density at radius 3 is 2.09 bits per heavy atom. The Morgan fingerprint density at radius 2 is 1.49 bits per heavy atom. The van der Waals surface area contributed by atoms with E-state index in [2.05, 4.69) is 41.3 Å². The van der Waals surface area contributed by atoms with E-state index in [1.807, 2.05) is 23.1 Å². The molecule has 6 rings (SSSR count). The van der Waals surface area contributed by atoms with Crippen molar-refractivity contribution in [3.05, 3.63) is 71.3 Å². The van der Waals surface area contributed by atoms with Crippen molar-refractivity contribution in [2.75, 3.05) is 26.2 Å². The minimum absolute atomic E-state index is 0.0496. The number of rotatable bonds is 5. The Kier molecular flexibility index (Phi) is 8.02. The van der Waals surface area contributed by atoms with Gasteiger partial charge in [-0.15, -0.1) is 0 Å². The van der Waals surface area contributed by atoms with Crippen LogP contribution in [0, 0.1) is 5.92 Å². The van der Waals surface area contributed by atoms with Gasteiger partial charge in [-0.25, -0.2) is 4.79 Å². The first kappa shape index (κ1) is 24.7. The van der Waals surface area contributed by atoms with E-state index in [4.69, 9.17) is 14.9 Å². The van der Waals surface area contributed by atoms with Gasteiger partial charge in [-0.1, -0.05) is 54.6 Å². The molecule has 3 saturated heterocycles. The maximum absolute atomic E-state index is 13.2. The fourth-order valence-corrected chi connectivity index (χ4v) is 5.21. The summed E-state index contributed by atoms with van der Waals surface area (Å²) in [5, 5.41) is 15.8. The molecule has 4 aliphatic rings. The molecule has 3 fully saturated rings. The summed E-state index contributed by atoms with van der Waals surface area (Å²) in [4.78, 5) is 36.9. The third-order valence-electron chi connectivity index (χ3n) is 7.03. The van der Waals surface area contributed by atoms with Gasteiger partial charge in [0.2, 0.25) is 0 Å². The van der Waals surface area contributed by atoms with Crippen molar-refractivity contribution in [2.45, 2.75) is 44.2 Å². The van der Waals surface area contributed by atoms with Gasteiger partial charge in [-0.3, -0.25) is 19.4 Å². The number of hydrogen-bond acceptors (Lipinski definition) is 5. The van der Waals surface area contributed by atoms with Crippen LogP contribution in [0.25, 0.3) is 0 Å². The third-order valence-corrected chi connectivity index (χ3v) is 7.03. The summed E-state index contributed by atoms with van der Waals surface area (Å²) in [7, 11) is 0. The summed E-state index contributed by atoms with van der Waals surface area (Å²) in [5.74, 6) is -1.62. The number of nitrogens with zero attached hydrogens (tertiary/aromatic N) is 2. The average Bonchev–Trinajstić information content (AvgIpc) is 2.88. The zero-order chi connectivity index (χ0) is 24.8. The number of piperidine rings is 3. The fraction of sp³-hybridized carbons (Fsp3) is 0.444. The minimum atomic E-state index is -1.08. The second-order valence-electron chi connectivity index (χ2n) is 9.30. The molecule has 2 N–H and O–H groups in total. The van der Waals surface area contributed by atoms with Crippen LogP contribution in [0.2, 0.25) is 0 Å². The molecule has 0 aromatic heterocycles. The van der Waals surface area contributed by atoms with Crippen LogP contribution < -0.4 is 0 Å². The second-order valence-corrected chi connectivity index (χ2v) is 9.30. The van der Waals surface area contributed by atoms with E-state index in [-0.39, 0.29) is 31.1 Å². The topological polar surface area (TPSA) is 107 Å². The summed E-state index contributed by atoms with van der Waals surface area (Å²) in [6.07, 6.45) is 2.50. The quantitative estimate of drug-likeness (QED) is 0.670. The highest BCUT2D eigenvalue weighted by molar-refractivity contribution is 5.75. The zero-order valence-electron chi connectivity index (χ0n) is 19.7. The number of carboxylic acids is 2. The molecule has 2 atom stereocenters. The smallest absolute Gasteiger partial charge is 0.410 e. The Morgan fingerprint density at radius 1 is 0.857 bits per heavy atom. The monoisotopic (exact) mass is 480 g/mol. The van der Waals surface area contributed by atoms with E-state index in [0.29, 0.717) is 12.5 Å². The molecular formula is C27H32N2O6. The molecule has 4 heterocycles. The Hall–Kier alpha value is -3.39. The molecule has 2 unspecified atom stereocenters. The summed E-state index contributed by atoms with van der Waals surface area (Å²) in [6, 6.07) is 18.8. The standard InChI is InChI=1S/C23H26N2O2.C4H6O4/c26-23(27-21-16-24-13-10-18(21)11-14-24)25-15-12-17-6-4-5-9-20(17)22(25)19-7-2-1-3-8-19;5-3(6)1-2-4(7)8/h1-9,18,21-22H,10-16H2;1-2H2,(H,5,6)(H,7,8). The molecule has 186 valence electrons. The van der Waals surface area contributed by atoms with E-state index in [1.165, 1.54) is 11.1 Å². The predicted octanol–water partition coefficient (Wildman–Crippen LogP) is 3.80. The first-order valence-corrected chi connectivity index (χ1v) is 12.2. The number of hydrogen-bond donors (Lipinski definition) is 2. The maximum atomic E-state index is 13.2. The Balaban J connectivity index is 0.000000314. The van der Waals surface area contributed by atoms with Crippen LogP contribution in [0.4, 0.5) is 4.79 Å². The van der Waals surface area contributed by atoms with Crippen LogP contribution in [0.3, 0.4) is 0 Å². The highest BCUT2D eigenvalue weighted by atomic mass is 16.6. The lowest BCUT2D eigenvalue weighted by Crippen LogP contribution is -2.53. The van der Waals surface area contributed by atoms with E-state index >= 15 is 0 Å². The molecule has 8 heteroatoms. The number of carbonyl (C=O) groups is 3. The fourth-order valence-electron chi connectivity index (χ4n) is 5.21. The predicted molar refractivity (Wildman–Crippen MR) is 129 cm³/mol. The summed E-state index contributed by atoms with van der Waals surface area (Å²) in [6.45, 7) is 3.91. The summed E-state index contributed by atoms with van der Waals surface area (Å²) in [5.41, 5.74) is 3.70. The van der Waals surface area contributed by atoms with Crippen molar-refractivity contribution in [1.82, 2.24) is 9.80 Å². The molecule has 4 aliphatic heterocycles. The van der Waals surface area contributed by atoms with E-state index in [1.54, 1.807) is 0 Å². The first-order valence-electron chi connectivity index (χ1n) is 12.2. The molecular weight excluding hydrogens is 448 g/mol. The molecule has 2 bridgehead atoms. The van der Waals surface area contributed by atoms with Crippen molar-refractivity contribution < 1.29 is 29.3 Å². The molecule has 2 aromatic carbocycles. The zero-order valence-corrected chi connectivity index (χ0v) is 19.7. The maximum Gasteiger partial charge on any atom is 0.410 e. The number of carboxylic acid groups (broad SMARTS) is 2. The lowest BCUT2D eigenvalue weighted by atomic mass is 9.86. The van der Waals surface area contributed by atoms with Gasteiger partial charge in [-0.2, -0.15) is 0 Å². The summed E-state index contributed by atoms with van der Waals surface area (Å²) >= 11 is 0. The largest absolute Gasteiger partial charge is 0.481 e. The van der Waals surface area contributed by atoms with Crippen LogP contribution in [0.15, 0.2) is 54.6 Å². The van der Waals surface area contributed by atoms with Crippen molar-refractivity contribution in [1.29, 1.82) is 0 Å². The SMILES string of the molecule is O=C(O)CCC(=O)O.O=C(OC1CN2CCC1CC2)N1CCc2ccccc2C1c1ccccc1. The van der Waals surface area contributed by atoms with Crippen LogP contribution in [0.5, 0.6) is 0 Å². The molecule has 2 aromatic rings. The number of benzene rings is 2. The van der Waals surface area contributed by atoms with Gasteiger partial charge < -0.3 is 14.9 Å². The van der Waals surface area contributed by atoms with Crippen molar-refractivity contribution >= 4 is 18.0 Å². The van der Waals surface area contributed by atoms with Crippen LogP contribution >= 0.6 is 0 Å². The highest BCUT2D eigenvalue weighted by Gasteiger charge is 2.39. The van der Waals surface area contributed by atoms with Crippen LogP contribution in [-0.2, 0) is 20.7 Å².